The molecule has 0 unspecified atom stereocenters. The number of halogens is 2. The Morgan fingerprint density at radius 2 is 2.13 bits per heavy atom. The van der Waals surface area contributed by atoms with Crippen molar-refractivity contribution in [3.63, 3.8) is 0 Å². The minimum Gasteiger partial charge on any atom is -0.376 e. The number of hydrogen-bond acceptors (Lipinski definition) is 4. The molecule has 5 nitrogen and oxygen atoms in total. The van der Waals surface area contributed by atoms with Gasteiger partial charge in [0.25, 0.3) is 5.76 Å². The van der Waals surface area contributed by atoms with E-state index < -0.39 is 17.6 Å². The summed E-state index contributed by atoms with van der Waals surface area (Å²) in [4.78, 5) is 24.1. The van der Waals surface area contributed by atoms with Gasteiger partial charge in [-0.2, -0.15) is 8.78 Å². The highest BCUT2D eigenvalue weighted by Gasteiger charge is 2.25. The molecule has 0 spiro atoms. The van der Waals surface area contributed by atoms with E-state index in [-0.39, 0.29) is 12.1 Å². The number of amides is 2. The van der Waals surface area contributed by atoms with Gasteiger partial charge in [-0.1, -0.05) is 17.8 Å². The summed E-state index contributed by atoms with van der Waals surface area (Å²) in [6.45, 7) is 2.44. The number of alkyl halides is 2. The van der Waals surface area contributed by atoms with Crippen LogP contribution in [0.3, 0.4) is 0 Å². The first-order valence-electron chi connectivity index (χ1n) is 7.24. The Kier molecular flexibility index (Phi) is 6.35. The number of rotatable bonds is 5. The third-order valence-corrected chi connectivity index (χ3v) is 4.11. The minimum atomic E-state index is -2.54. The maximum absolute atomic E-state index is 12.3. The maximum atomic E-state index is 12.3. The predicted molar refractivity (Wildman–Crippen MR) is 83.5 cm³/mol. The third-order valence-electron chi connectivity index (χ3n) is 3.40. The van der Waals surface area contributed by atoms with Gasteiger partial charge in [0, 0.05) is 17.2 Å². The molecule has 1 saturated heterocycles. The van der Waals surface area contributed by atoms with E-state index in [1.54, 1.807) is 6.92 Å². The monoisotopic (exact) mass is 344 g/mol. The van der Waals surface area contributed by atoms with E-state index in [2.05, 4.69) is 10.6 Å². The fourth-order valence-corrected chi connectivity index (χ4v) is 2.86. The van der Waals surface area contributed by atoms with Gasteiger partial charge in [-0.15, -0.1) is 0 Å². The maximum Gasteiger partial charge on any atom is 0.313 e. The highest BCUT2D eigenvalue weighted by Crippen LogP contribution is 2.27. The second-order valence-electron chi connectivity index (χ2n) is 5.17. The lowest BCUT2D eigenvalue weighted by Crippen LogP contribution is -2.45. The first-order valence-corrected chi connectivity index (χ1v) is 8.12. The second kappa shape index (κ2) is 8.26. The predicted octanol–water partition coefficient (Wildman–Crippen LogP) is 2.62. The zero-order valence-corrected chi connectivity index (χ0v) is 13.4. The van der Waals surface area contributed by atoms with Gasteiger partial charge >= 0.3 is 11.8 Å². The van der Waals surface area contributed by atoms with Crippen molar-refractivity contribution in [3.8, 4) is 0 Å². The van der Waals surface area contributed by atoms with E-state index in [4.69, 9.17) is 4.74 Å². The van der Waals surface area contributed by atoms with Crippen molar-refractivity contribution in [3.05, 3.63) is 24.3 Å². The molecule has 2 atom stereocenters. The Bertz CT molecular complexity index is 565. The summed E-state index contributed by atoms with van der Waals surface area (Å²) in [5.41, 5.74) is 0.292. The van der Waals surface area contributed by atoms with Crippen LogP contribution >= 0.6 is 11.8 Å². The zero-order valence-electron chi connectivity index (χ0n) is 12.6. The molecule has 1 aromatic carbocycles. The number of hydrogen-bond donors (Lipinski definition) is 2. The lowest BCUT2D eigenvalue weighted by Gasteiger charge is -2.19. The molecule has 1 aromatic rings. The van der Waals surface area contributed by atoms with Crippen molar-refractivity contribution in [1.82, 2.24) is 5.32 Å². The van der Waals surface area contributed by atoms with Gasteiger partial charge in [-0.3, -0.25) is 9.59 Å². The molecule has 0 aromatic heterocycles. The topological polar surface area (TPSA) is 67.4 Å². The molecule has 1 aliphatic rings. The average molecular weight is 344 g/mol. The number of anilines is 1. The van der Waals surface area contributed by atoms with Gasteiger partial charge in [0.1, 0.15) is 0 Å². The van der Waals surface area contributed by atoms with E-state index >= 15 is 0 Å². The Balaban J connectivity index is 1.89. The van der Waals surface area contributed by atoms with Crippen LogP contribution in [0.4, 0.5) is 14.5 Å². The fourth-order valence-electron chi connectivity index (χ4n) is 2.30. The zero-order chi connectivity index (χ0) is 16.8. The summed E-state index contributed by atoms with van der Waals surface area (Å²) in [6, 6.07) is 5.70. The molecule has 2 rings (SSSR count). The molecule has 0 aliphatic carbocycles. The van der Waals surface area contributed by atoms with Crippen LogP contribution in [0.2, 0.25) is 0 Å². The van der Waals surface area contributed by atoms with Gasteiger partial charge in [0.15, 0.2) is 0 Å². The van der Waals surface area contributed by atoms with Crippen LogP contribution in [0.1, 0.15) is 19.8 Å². The van der Waals surface area contributed by atoms with Crippen LogP contribution in [0.15, 0.2) is 29.2 Å². The molecule has 0 radical (unpaired) electrons. The molecular weight excluding hydrogens is 326 g/mol. The van der Waals surface area contributed by atoms with E-state index in [1.165, 1.54) is 24.3 Å². The van der Waals surface area contributed by atoms with Crippen LogP contribution in [-0.2, 0) is 14.3 Å². The van der Waals surface area contributed by atoms with E-state index in [0.717, 1.165) is 12.8 Å². The molecule has 0 saturated carbocycles. The van der Waals surface area contributed by atoms with Crippen molar-refractivity contribution in [2.24, 2.45) is 0 Å². The quantitative estimate of drug-likeness (QED) is 0.636. The highest BCUT2D eigenvalue weighted by molar-refractivity contribution is 7.99. The van der Waals surface area contributed by atoms with Crippen molar-refractivity contribution in [2.45, 2.75) is 42.6 Å². The van der Waals surface area contributed by atoms with Gasteiger partial charge in [-0.05, 0) is 38.0 Å². The van der Waals surface area contributed by atoms with E-state index in [0.29, 0.717) is 29.0 Å². The number of carbonyl (C=O) groups is 2. The molecule has 1 fully saturated rings. The number of benzene rings is 1. The average Bonchev–Trinajstić information content (AvgIpc) is 3.01. The highest BCUT2D eigenvalue weighted by atomic mass is 32.2. The van der Waals surface area contributed by atoms with Gasteiger partial charge in [0.2, 0.25) is 0 Å². The van der Waals surface area contributed by atoms with Gasteiger partial charge in [-0.25, -0.2) is 0 Å². The molecule has 1 aliphatic heterocycles. The summed E-state index contributed by atoms with van der Waals surface area (Å²) >= 11 is 0.374. The third kappa shape index (κ3) is 5.47. The largest absolute Gasteiger partial charge is 0.376 e. The lowest BCUT2D eigenvalue weighted by molar-refractivity contribution is -0.137. The molecule has 2 amide bonds. The molecule has 8 heteroatoms. The minimum absolute atomic E-state index is 0.0856. The van der Waals surface area contributed by atoms with Crippen LogP contribution in [0.25, 0.3) is 0 Å². The summed E-state index contributed by atoms with van der Waals surface area (Å²) < 4.78 is 30.1. The smallest absolute Gasteiger partial charge is 0.313 e. The van der Waals surface area contributed by atoms with Gasteiger partial charge < -0.3 is 15.4 Å². The normalized spacial score (nSPS) is 18.7. The second-order valence-corrected chi connectivity index (χ2v) is 6.24. The number of ether oxygens (including phenoxy) is 1. The van der Waals surface area contributed by atoms with Crippen molar-refractivity contribution in [2.75, 3.05) is 11.9 Å². The molecule has 2 N–H and O–H groups in total. The summed E-state index contributed by atoms with van der Waals surface area (Å²) in [5.74, 6) is -4.16. The first-order chi connectivity index (χ1) is 11.0. The number of carbonyl (C=O) groups excluding carboxylic acids is 2. The molecule has 0 bridgehead atoms. The summed E-state index contributed by atoms with van der Waals surface area (Å²) in [7, 11) is 0. The van der Waals surface area contributed by atoms with Crippen LogP contribution in [-0.4, -0.2) is 36.3 Å². The first kappa shape index (κ1) is 17.7. The number of thioether (sulfide) groups is 1. The molecular formula is C15H18F2N2O3S. The molecule has 126 valence electrons. The molecule has 1 heterocycles. The van der Waals surface area contributed by atoms with Crippen molar-refractivity contribution in [1.29, 1.82) is 0 Å². The van der Waals surface area contributed by atoms with Gasteiger partial charge in [0.05, 0.1) is 12.1 Å². The Morgan fingerprint density at radius 3 is 2.78 bits per heavy atom. The SMILES string of the molecule is C[C@H](NC(=O)C(=O)Nc1cccc(SC(F)F)c1)[C@H]1CCCO1. The van der Waals surface area contributed by atoms with Crippen molar-refractivity contribution < 1.29 is 23.1 Å². The standard InChI is InChI=1S/C15H18F2N2O3S/c1-9(12-6-3-7-22-12)18-13(20)14(21)19-10-4-2-5-11(8-10)23-15(16)17/h2,4-5,8-9,12,15H,3,6-7H2,1H3,(H,18,20)(H,19,21)/t9-,12+/m0/s1. The van der Waals surface area contributed by atoms with Crippen molar-refractivity contribution >= 4 is 29.3 Å². The lowest BCUT2D eigenvalue weighted by atomic mass is 10.1. The fraction of sp³-hybridized carbons (Fsp3) is 0.467. The van der Waals surface area contributed by atoms with Crippen LogP contribution in [0, 0.1) is 0 Å². The number of nitrogens with one attached hydrogen (secondary N) is 2. The Hall–Kier alpha value is -1.67. The molecule has 23 heavy (non-hydrogen) atoms. The van der Waals surface area contributed by atoms with E-state index in [9.17, 15) is 18.4 Å². The summed E-state index contributed by atoms with van der Waals surface area (Å²) in [5, 5.41) is 4.99. The van der Waals surface area contributed by atoms with E-state index in [1.807, 2.05) is 0 Å². The Morgan fingerprint density at radius 1 is 1.35 bits per heavy atom. The van der Waals surface area contributed by atoms with Crippen LogP contribution in [0.5, 0.6) is 0 Å². The summed E-state index contributed by atoms with van der Waals surface area (Å²) in [6.07, 6.45) is 1.69. The van der Waals surface area contributed by atoms with Crippen LogP contribution < -0.4 is 10.6 Å². The Labute approximate surface area is 137 Å².